The van der Waals surface area contributed by atoms with E-state index in [2.05, 4.69) is 4.98 Å². The number of nitrogens with zero attached hydrogens (tertiary/aromatic N) is 1. The Kier molecular flexibility index (Phi) is 4.13. The number of aromatic nitrogens is 1. The molecule has 1 aromatic rings. The molecule has 0 aliphatic heterocycles. The fraction of sp³-hybridized carbons (Fsp3) is 0.467. The number of carbonyl (C=O) groups excluding carboxylic acids is 1. The van der Waals surface area contributed by atoms with Crippen molar-refractivity contribution in [2.75, 3.05) is 0 Å². The number of rotatable bonds is 4. The van der Waals surface area contributed by atoms with Crippen LogP contribution in [0.4, 0.5) is 0 Å². The standard InChI is InChI=1S/C15H19NO2/c1-3-6-12-9-15(16-10-14(12)11(2)17)18-13-7-4-5-8-13/h3,6,9-10,13H,4-5,7-8H2,1-2H3/b6-3-. The van der Waals surface area contributed by atoms with E-state index in [4.69, 9.17) is 4.74 Å². The fourth-order valence-electron chi connectivity index (χ4n) is 2.30. The Labute approximate surface area is 108 Å². The Bertz CT molecular complexity index is 460. The highest BCUT2D eigenvalue weighted by Gasteiger charge is 2.17. The molecule has 2 rings (SSSR count). The van der Waals surface area contributed by atoms with Crippen molar-refractivity contribution in [1.82, 2.24) is 4.98 Å². The summed E-state index contributed by atoms with van der Waals surface area (Å²) in [6.45, 7) is 3.49. The Morgan fingerprint density at radius 1 is 1.44 bits per heavy atom. The van der Waals surface area contributed by atoms with Gasteiger partial charge in [-0.3, -0.25) is 4.79 Å². The molecule has 3 heteroatoms. The number of allylic oxidation sites excluding steroid dienone is 1. The third-order valence-electron chi connectivity index (χ3n) is 3.23. The normalized spacial score (nSPS) is 16.3. The van der Waals surface area contributed by atoms with Crippen LogP contribution in [0.3, 0.4) is 0 Å². The first kappa shape index (κ1) is 12.8. The molecule has 0 unspecified atom stereocenters. The Hall–Kier alpha value is -1.64. The maximum atomic E-state index is 11.5. The molecule has 1 aliphatic carbocycles. The first-order valence-corrected chi connectivity index (χ1v) is 6.51. The van der Waals surface area contributed by atoms with Crippen LogP contribution in [0, 0.1) is 0 Å². The Balaban J connectivity index is 2.21. The van der Waals surface area contributed by atoms with Gasteiger partial charge in [0.05, 0.1) is 0 Å². The van der Waals surface area contributed by atoms with Crippen molar-refractivity contribution in [3.05, 3.63) is 29.5 Å². The first-order chi connectivity index (χ1) is 8.70. The molecular formula is C15H19NO2. The maximum absolute atomic E-state index is 11.5. The molecule has 1 aliphatic rings. The van der Waals surface area contributed by atoms with E-state index in [1.807, 2.05) is 25.1 Å². The van der Waals surface area contributed by atoms with Crippen LogP contribution >= 0.6 is 0 Å². The average molecular weight is 245 g/mol. The molecule has 1 heterocycles. The number of hydrogen-bond donors (Lipinski definition) is 0. The first-order valence-electron chi connectivity index (χ1n) is 6.51. The van der Waals surface area contributed by atoms with Crippen LogP contribution in [0.1, 0.15) is 55.5 Å². The van der Waals surface area contributed by atoms with E-state index < -0.39 is 0 Å². The minimum Gasteiger partial charge on any atom is -0.474 e. The molecule has 0 N–H and O–H groups in total. The molecule has 0 radical (unpaired) electrons. The maximum Gasteiger partial charge on any atom is 0.214 e. The minimum absolute atomic E-state index is 0.0306. The van der Waals surface area contributed by atoms with Gasteiger partial charge in [-0.1, -0.05) is 12.2 Å². The third kappa shape index (κ3) is 2.97. The molecule has 0 spiro atoms. The number of hydrogen-bond acceptors (Lipinski definition) is 3. The van der Waals surface area contributed by atoms with Crippen LogP contribution in [0.2, 0.25) is 0 Å². The highest BCUT2D eigenvalue weighted by Crippen LogP contribution is 2.24. The van der Waals surface area contributed by atoms with E-state index in [1.54, 1.807) is 13.1 Å². The van der Waals surface area contributed by atoms with Crippen LogP contribution in [-0.4, -0.2) is 16.9 Å². The lowest BCUT2D eigenvalue weighted by Crippen LogP contribution is -2.12. The van der Waals surface area contributed by atoms with Crippen molar-refractivity contribution in [1.29, 1.82) is 0 Å². The summed E-state index contributed by atoms with van der Waals surface area (Å²) in [5, 5.41) is 0. The number of pyridine rings is 1. The van der Waals surface area contributed by atoms with Gasteiger partial charge in [-0.05, 0) is 45.1 Å². The molecule has 1 saturated carbocycles. The Morgan fingerprint density at radius 2 is 2.17 bits per heavy atom. The van der Waals surface area contributed by atoms with Gasteiger partial charge in [-0.2, -0.15) is 0 Å². The van der Waals surface area contributed by atoms with Crippen LogP contribution in [-0.2, 0) is 0 Å². The molecule has 18 heavy (non-hydrogen) atoms. The summed E-state index contributed by atoms with van der Waals surface area (Å²) in [4.78, 5) is 15.7. The summed E-state index contributed by atoms with van der Waals surface area (Å²) in [7, 11) is 0. The zero-order valence-corrected chi connectivity index (χ0v) is 11.0. The molecular weight excluding hydrogens is 226 g/mol. The topological polar surface area (TPSA) is 39.2 Å². The van der Waals surface area contributed by atoms with Crippen molar-refractivity contribution >= 4 is 11.9 Å². The van der Waals surface area contributed by atoms with Gasteiger partial charge < -0.3 is 4.74 Å². The lowest BCUT2D eigenvalue weighted by atomic mass is 10.1. The quantitative estimate of drug-likeness (QED) is 0.760. The Morgan fingerprint density at radius 3 is 2.78 bits per heavy atom. The lowest BCUT2D eigenvalue weighted by molar-refractivity contribution is 0.101. The van der Waals surface area contributed by atoms with E-state index in [9.17, 15) is 4.79 Å². The van der Waals surface area contributed by atoms with E-state index in [1.165, 1.54) is 12.8 Å². The van der Waals surface area contributed by atoms with Gasteiger partial charge in [-0.25, -0.2) is 4.98 Å². The SMILES string of the molecule is C/C=C\c1cc(OC2CCCC2)ncc1C(C)=O. The van der Waals surface area contributed by atoms with Crippen molar-refractivity contribution in [2.45, 2.75) is 45.6 Å². The molecule has 96 valence electrons. The molecule has 0 saturated heterocycles. The fourth-order valence-corrected chi connectivity index (χ4v) is 2.30. The summed E-state index contributed by atoms with van der Waals surface area (Å²) >= 11 is 0. The van der Waals surface area contributed by atoms with E-state index in [0.717, 1.165) is 18.4 Å². The van der Waals surface area contributed by atoms with Crippen molar-refractivity contribution in [2.24, 2.45) is 0 Å². The summed E-state index contributed by atoms with van der Waals surface area (Å²) in [5.74, 6) is 0.656. The number of Topliss-reactive ketones (excluding diaryl/α,β-unsaturated/α-hetero) is 1. The van der Waals surface area contributed by atoms with Crippen molar-refractivity contribution in [3.63, 3.8) is 0 Å². The molecule has 0 amide bonds. The molecule has 0 atom stereocenters. The van der Waals surface area contributed by atoms with Crippen LogP contribution in [0.25, 0.3) is 6.08 Å². The minimum atomic E-state index is 0.0306. The predicted molar refractivity (Wildman–Crippen MR) is 71.8 cm³/mol. The van der Waals surface area contributed by atoms with Crippen molar-refractivity contribution < 1.29 is 9.53 Å². The van der Waals surface area contributed by atoms with Gasteiger partial charge in [0.25, 0.3) is 0 Å². The summed E-state index contributed by atoms with van der Waals surface area (Å²) < 4.78 is 5.84. The van der Waals surface area contributed by atoms with Gasteiger partial charge in [-0.15, -0.1) is 0 Å². The summed E-state index contributed by atoms with van der Waals surface area (Å²) in [6.07, 6.45) is 10.4. The van der Waals surface area contributed by atoms with Gasteiger partial charge in [0.1, 0.15) is 6.10 Å². The number of ether oxygens (including phenoxy) is 1. The third-order valence-corrected chi connectivity index (χ3v) is 3.23. The smallest absolute Gasteiger partial charge is 0.214 e. The van der Waals surface area contributed by atoms with Crippen LogP contribution in [0.15, 0.2) is 18.3 Å². The van der Waals surface area contributed by atoms with Gasteiger partial charge in [0.2, 0.25) is 5.88 Å². The van der Waals surface area contributed by atoms with E-state index >= 15 is 0 Å². The number of ketones is 1. The summed E-state index contributed by atoms with van der Waals surface area (Å²) in [6, 6.07) is 1.86. The van der Waals surface area contributed by atoms with Crippen molar-refractivity contribution in [3.8, 4) is 5.88 Å². The zero-order chi connectivity index (χ0) is 13.0. The van der Waals surface area contributed by atoms with Gasteiger partial charge >= 0.3 is 0 Å². The van der Waals surface area contributed by atoms with Gasteiger partial charge in [0.15, 0.2) is 5.78 Å². The second-order valence-corrected chi connectivity index (χ2v) is 4.69. The van der Waals surface area contributed by atoms with E-state index in [0.29, 0.717) is 17.5 Å². The average Bonchev–Trinajstić information content (AvgIpc) is 2.82. The molecule has 0 bridgehead atoms. The molecule has 0 aromatic carbocycles. The molecule has 3 nitrogen and oxygen atoms in total. The molecule has 1 fully saturated rings. The predicted octanol–water partition coefficient (Wildman–Crippen LogP) is 3.64. The lowest BCUT2D eigenvalue weighted by Gasteiger charge is -2.13. The highest BCUT2D eigenvalue weighted by atomic mass is 16.5. The van der Waals surface area contributed by atoms with Crippen LogP contribution in [0.5, 0.6) is 5.88 Å². The van der Waals surface area contributed by atoms with Gasteiger partial charge in [0, 0.05) is 17.8 Å². The molecule has 1 aromatic heterocycles. The largest absolute Gasteiger partial charge is 0.474 e. The van der Waals surface area contributed by atoms with E-state index in [-0.39, 0.29) is 5.78 Å². The zero-order valence-electron chi connectivity index (χ0n) is 11.0. The number of carbonyl (C=O) groups is 1. The highest BCUT2D eigenvalue weighted by molar-refractivity contribution is 5.97. The summed E-state index contributed by atoms with van der Waals surface area (Å²) in [5.41, 5.74) is 1.53. The second-order valence-electron chi connectivity index (χ2n) is 4.69. The van der Waals surface area contributed by atoms with Crippen LogP contribution < -0.4 is 4.74 Å². The monoisotopic (exact) mass is 245 g/mol. The second kappa shape index (κ2) is 5.80.